The van der Waals surface area contributed by atoms with Gasteiger partial charge in [0.25, 0.3) is 56.1 Å². The number of H-pyrrole nitrogens is 1. The van der Waals surface area contributed by atoms with Gasteiger partial charge in [0.1, 0.15) is 57.0 Å². The number of aliphatic hydroxyl groups is 4. The molecule has 0 amide bonds. The van der Waals surface area contributed by atoms with Gasteiger partial charge in [0.2, 0.25) is 0 Å². The van der Waals surface area contributed by atoms with Crippen molar-refractivity contribution in [2.75, 3.05) is 42.4 Å². The second kappa shape index (κ2) is 38.3. The molecule has 0 saturated carbocycles. The Kier molecular flexibility index (Phi) is 31.7. The zero-order valence-corrected chi connectivity index (χ0v) is 59.4. The van der Waals surface area contributed by atoms with Crippen molar-refractivity contribution in [3.8, 4) is 5.69 Å². The van der Waals surface area contributed by atoms with E-state index in [1.165, 1.54) is 79.1 Å². The maximum Gasteiger partial charge on any atom is 0.300 e. The highest BCUT2D eigenvalue weighted by Gasteiger charge is 2.25. The van der Waals surface area contributed by atoms with Crippen LogP contribution < -0.4 is 55.0 Å². The number of nitrogens with zero attached hydrogens (tertiary/aromatic N) is 12. The minimum Gasteiger partial charge on any atom is -0.395 e. The molecule has 0 aliphatic heterocycles. The van der Waals surface area contributed by atoms with Crippen molar-refractivity contribution in [3.63, 3.8) is 0 Å². The molecule has 5 aromatic carbocycles. The molecule has 556 valence electrons. The number of benzene rings is 5. The van der Waals surface area contributed by atoms with E-state index in [2.05, 4.69) is 35.9 Å². The van der Waals surface area contributed by atoms with Crippen LogP contribution in [0.25, 0.3) is 38.8 Å². The first-order valence-corrected chi connectivity index (χ1v) is 32.0. The Morgan fingerprint density at radius 3 is 1.27 bits per heavy atom. The van der Waals surface area contributed by atoms with Gasteiger partial charge in [0.05, 0.1) is 111 Å². The number of rotatable bonds is 16. The molecule has 0 unspecified atom stereocenters. The topological polar surface area (TPSA) is 497 Å². The number of pyridine rings is 3. The molecule has 42 heteroatoms. The van der Waals surface area contributed by atoms with E-state index in [1.807, 2.05) is 67.8 Å². The lowest BCUT2D eigenvalue weighted by Gasteiger charge is -2.17. The van der Waals surface area contributed by atoms with E-state index >= 15 is 0 Å². The van der Waals surface area contributed by atoms with Crippen LogP contribution in [0.4, 0.5) is 70.0 Å². The minimum absolute atomic E-state index is 0. The highest BCUT2D eigenvalue weighted by Crippen LogP contribution is 2.32. The van der Waals surface area contributed by atoms with Crippen LogP contribution in [0.3, 0.4) is 0 Å². The molecule has 11 rings (SSSR count). The van der Waals surface area contributed by atoms with E-state index < -0.39 is 107 Å². The highest BCUT2D eigenvalue weighted by atomic mass is 127. The molecule has 0 radical (unpaired) electrons. The number of nitrogens with one attached hydrogen (secondary N) is 4. The van der Waals surface area contributed by atoms with Gasteiger partial charge in [0.15, 0.2) is 16.9 Å². The molecule has 11 aromatic rings. The number of halogens is 7. The predicted molar refractivity (Wildman–Crippen MR) is 412 cm³/mol. The third-order valence-electron chi connectivity index (χ3n) is 14.2. The van der Waals surface area contributed by atoms with E-state index in [0.29, 0.717) is 7.14 Å². The number of anilines is 6. The van der Waals surface area contributed by atoms with E-state index in [1.54, 1.807) is 24.3 Å². The summed E-state index contributed by atoms with van der Waals surface area (Å²) in [6, 6.07) is 21.4. The van der Waals surface area contributed by atoms with Crippen molar-refractivity contribution in [3.05, 3.63) is 264 Å². The fourth-order valence-electron chi connectivity index (χ4n) is 8.92. The van der Waals surface area contributed by atoms with Gasteiger partial charge in [0, 0.05) is 62.2 Å². The molecule has 0 aliphatic carbocycles. The van der Waals surface area contributed by atoms with Crippen LogP contribution in [0.1, 0.15) is 28.3 Å². The van der Waals surface area contributed by atoms with Crippen molar-refractivity contribution < 1.29 is 53.3 Å². The zero-order valence-electron chi connectivity index (χ0n) is 52.2. The number of nitro groups is 4. The van der Waals surface area contributed by atoms with E-state index in [4.69, 9.17) is 27.5 Å². The first-order valence-electron chi connectivity index (χ1n) is 28.4. The first kappa shape index (κ1) is 86.8. The van der Waals surface area contributed by atoms with Gasteiger partial charge in [-0.05, 0) is 135 Å². The SMILES string of the molecule is C.C.C.Cn1c(=O)cc(Nc2ccc(I)cc2F)c2c(=O)[nH]cnc21.Cn1c(=O)cc(Nc2ccc(I)cc2F)c2c(=O)n(-c3ccc([N+](=O)[O-])cc3[N+](=O)[O-])cnc21.Cn1c(=O)cc(Nc2ccc(I)cc2F)c2c(=O)n(C(CO)CO)cnc21.NC(CO)CO.O=[N+]([O-])c1ccc(Cl)c([N+](=O)[O-])c1. The lowest BCUT2D eigenvalue weighted by atomic mass is 10.2. The van der Waals surface area contributed by atoms with Crippen LogP contribution in [-0.4, -0.2) is 115 Å². The van der Waals surface area contributed by atoms with Gasteiger partial charge in [-0.25, -0.2) is 28.1 Å². The third kappa shape index (κ3) is 20.7. The summed E-state index contributed by atoms with van der Waals surface area (Å²) < 4.78 is 50.2. The Labute approximate surface area is 634 Å². The van der Waals surface area contributed by atoms with Crippen LogP contribution in [0, 0.1) is 68.6 Å². The van der Waals surface area contributed by atoms with Crippen molar-refractivity contribution >= 4 is 169 Å². The number of fused-ring (bicyclic) bond motifs is 3. The normalized spacial score (nSPS) is 10.5. The number of non-ortho nitro benzene ring substituents is 2. The molecule has 0 spiro atoms. The van der Waals surface area contributed by atoms with E-state index in [9.17, 15) is 92.6 Å². The van der Waals surface area contributed by atoms with Crippen LogP contribution in [0.15, 0.2) is 157 Å². The summed E-state index contributed by atoms with van der Waals surface area (Å²) in [4.78, 5) is 130. The predicted octanol–water partition coefficient (Wildman–Crippen LogP) is 8.97. The highest BCUT2D eigenvalue weighted by molar-refractivity contribution is 14.1. The van der Waals surface area contributed by atoms with Gasteiger partial charge in [-0.3, -0.25) is 92.1 Å². The second-order valence-corrected chi connectivity index (χ2v) is 24.9. The Balaban J connectivity index is 0.000000297. The fraction of sp³-hybridized carbons (Fsp3) is 0.190. The number of aromatic nitrogens is 9. The van der Waals surface area contributed by atoms with Crippen molar-refractivity contribution in [2.45, 2.75) is 34.4 Å². The summed E-state index contributed by atoms with van der Waals surface area (Å²) in [6.07, 6.45) is 3.36. The monoisotopic (exact) mass is 1820 g/mol. The van der Waals surface area contributed by atoms with Crippen LogP contribution in [0.5, 0.6) is 0 Å². The van der Waals surface area contributed by atoms with Crippen molar-refractivity contribution in [1.82, 2.24) is 42.8 Å². The first-order chi connectivity index (χ1) is 48.2. The molecule has 0 saturated heterocycles. The smallest absolute Gasteiger partial charge is 0.300 e. The zero-order chi connectivity index (χ0) is 75.3. The molecule has 10 N–H and O–H groups in total. The summed E-state index contributed by atoms with van der Waals surface area (Å²) in [7, 11) is 4.36. The number of aryl methyl sites for hydroxylation is 3. The molecule has 0 aliphatic rings. The number of nitro benzene ring substituents is 4. The number of nitrogens with two attached hydrogens (primary N) is 1. The van der Waals surface area contributed by atoms with Gasteiger partial charge < -0.3 is 47.1 Å². The van der Waals surface area contributed by atoms with Crippen molar-refractivity contribution in [1.29, 1.82) is 0 Å². The van der Waals surface area contributed by atoms with Gasteiger partial charge in [-0.1, -0.05) is 33.9 Å². The molecular formula is C63H62ClF3I3N17O18. The lowest BCUT2D eigenvalue weighted by Crippen LogP contribution is -2.31. The number of aromatic amines is 1. The van der Waals surface area contributed by atoms with Gasteiger partial charge in [-0.15, -0.1) is 0 Å². The van der Waals surface area contributed by atoms with Crippen molar-refractivity contribution in [2.24, 2.45) is 26.9 Å². The summed E-state index contributed by atoms with van der Waals surface area (Å²) in [5.41, 5.74) is 0.355. The quantitative estimate of drug-likeness (QED) is 0.0247. The Hall–Kier alpha value is -10.6. The molecule has 6 heterocycles. The number of hydrogen-bond donors (Lipinski definition) is 9. The standard InChI is InChI=1S/C20H12FIN6O6.C17H16FIN4O4.C14H10FIN4O2.C6H3ClN2O4.C3H9NO2.3CH4/c1-25-17(29)8-14(24-13-4-2-10(22)6-12(13)21)18-19(25)23-9-26(20(18)30)15-5-3-11(27(31)32)7-16(15)28(33)34;1-22-14(26)5-13(21-12-3-2-9(19)4-11(12)18)15-16(22)20-8-23(17(15)27)10(6-24)7-25;1-20-11(21)5-10(12-13(20)17-6-18-14(12)22)19-9-3-2-7(16)4-8(9)15;7-5-2-1-4(8(10)11)3-6(5)9(12)13;4-3(1-5)2-6;;;/h2-9,24H,1H3;2-5,8,10,21,24-25H,6-7H2,1H3;2-6,19H,1H3,(H,17,18,22);1-3H;3,5-6H,1-2,4H2;3*1H4. The third-order valence-corrected chi connectivity index (χ3v) is 16.5. The minimum atomic E-state index is -0.880. The molecule has 0 atom stereocenters. The molecule has 0 bridgehead atoms. The Morgan fingerprint density at radius 2 is 0.886 bits per heavy atom. The largest absolute Gasteiger partial charge is 0.395 e. The second-order valence-electron chi connectivity index (χ2n) is 20.8. The fourth-order valence-corrected chi connectivity index (χ4v) is 10.5. The summed E-state index contributed by atoms with van der Waals surface area (Å²) >= 11 is 11.3. The molecule has 0 fully saturated rings. The number of aliphatic hydroxyl groups excluding tert-OH is 4. The van der Waals surface area contributed by atoms with Crippen LogP contribution >= 0.6 is 79.4 Å². The number of hydrogen-bond acceptors (Lipinski definition) is 25. The van der Waals surface area contributed by atoms with E-state index in [-0.39, 0.29) is 125 Å². The maximum absolute atomic E-state index is 14.4. The molecular weight excluding hydrogens is 1760 g/mol. The van der Waals surface area contributed by atoms with E-state index in [0.717, 1.165) is 72.4 Å². The van der Waals surface area contributed by atoms with Crippen LogP contribution in [-0.2, 0) is 21.1 Å². The average molecular weight is 1820 g/mol. The maximum atomic E-state index is 14.4. The summed E-state index contributed by atoms with van der Waals surface area (Å²) in [5.74, 6) is -1.64. The Morgan fingerprint density at radius 1 is 0.505 bits per heavy atom. The lowest BCUT2D eigenvalue weighted by molar-refractivity contribution is -0.394. The average Bonchev–Trinajstić information content (AvgIpc) is 0.777. The van der Waals surface area contributed by atoms with Crippen LogP contribution in [0.2, 0.25) is 5.02 Å². The molecule has 35 nitrogen and oxygen atoms in total. The molecule has 105 heavy (non-hydrogen) atoms. The summed E-state index contributed by atoms with van der Waals surface area (Å²) in [5, 5.41) is 86.3. The summed E-state index contributed by atoms with van der Waals surface area (Å²) in [6.45, 7) is -1.22. The van der Waals surface area contributed by atoms with Gasteiger partial charge >= 0.3 is 0 Å². The Bertz CT molecular complexity index is 5490. The molecule has 6 aromatic heterocycles. The van der Waals surface area contributed by atoms with Gasteiger partial charge in [-0.2, -0.15) is 0 Å².